The number of nitro benzene ring substituents is 1. The normalized spacial score (nSPS) is 15.2. The number of hydrogen-bond donors (Lipinski definition) is 2. The van der Waals surface area contributed by atoms with Crippen LogP contribution in [0.5, 0.6) is 5.75 Å². The van der Waals surface area contributed by atoms with Crippen LogP contribution >= 0.6 is 0 Å². The van der Waals surface area contributed by atoms with Gasteiger partial charge in [0.1, 0.15) is 5.75 Å². The third kappa shape index (κ3) is 3.46. The number of para-hydroxylation sites is 1. The van der Waals surface area contributed by atoms with Gasteiger partial charge in [-0.2, -0.15) is 0 Å². The van der Waals surface area contributed by atoms with Gasteiger partial charge in [0.25, 0.3) is 5.69 Å². The Hall–Kier alpha value is -2.11. The Kier molecular flexibility index (Phi) is 4.55. The Labute approximate surface area is 117 Å². The van der Waals surface area contributed by atoms with Gasteiger partial charge in [-0.05, 0) is 18.4 Å². The second-order valence-corrected chi connectivity index (χ2v) is 5.17. The highest BCUT2D eigenvalue weighted by molar-refractivity contribution is 5.94. The molecule has 1 aromatic carbocycles. The first kappa shape index (κ1) is 14.3. The van der Waals surface area contributed by atoms with Crippen LogP contribution in [0.15, 0.2) is 18.2 Å². The SMILES string of the molecule is O=C(CCC1CCCC1)Nc1c(O)cccc1[N+](=O)[O-]. The standard InChI is InChI=1S/C14H18N2O4/c17-12-7-3-6-11(16(19)20)14(12)15-13(18)9-8-10-4-1-2-5-10/h3,6-7,10,17H,1-2,4-5,8-9H2,(H,15,18). The van der Waals surface area contributed by atoms with Gasteiger partial charge < -0.3 is 10.4 Å². The van der Waals surface area contributed by atoms with E-state index >= 15 is 0 Å². The average Bonchev–Trinajstić information content (AvgIpc) is 2.91. The molecule has 0 radical (unpaired) electrons. The lowest BCUT2D eigenvalue weighted by molar-refractivity contribution is -0.384. The van der Waals surface area contributed by atoms with Crippen molar-refractivity contribution in [3.63, 3.8) is 0 Å². The predicted octanol–water partition coefficient (Wildman–Crippen LogP) is 3.21. The average molecular weight is 278 g/mol. The van der Waals surface area contributed by atoms with Gasteiger partial charge in [0, 0.05) is 12.5 Å². The number of carbonyl (C=O) groups is 1. The molecule has 1 fully saturated rings. The molecule has 0 saturated heterocycles. The molecule has 0 spiro atoms. The van der Waals surface area contributed by atoms with Crippen LogP contribution in [0.4, 0.5) is 11.4 Å². The van der Waals surface area contributed by atoms with E-state index in [2.05, 4.69) is 5.32 Å². The number of aromatic hydroxyl groups is 1. The lowest BCUT2D eigenvalue weighted by atomic mass is 10.0. The number of phenols is 1. The maximum absolute atomic E-state index is 11.9. The van der Waals surface area contributed by atoms with E-state index < -0.39 is 4.92 Å². The van der Waals surface area contributed by atoms with Gasteiger partial charge in [0.15, 0.2) is 5.69 Å². The molecular weight excluding hydrogens is 260 g/mol. The summed E-state index contributed by atoms with van der Waals surface area (Å²) < 4.78 is 0. The highest BCUT2D eigenvalue weighted by atomic mass is 16.6. The van der Waals surface area contributed by atoms with Crippen molar-refractivity contribution in [2.75, 3.05) is 5.32 Å². The maximum atomic E-state index is 11.9. The highest BCUT2D eigenvalue weighted by Gasteiger charge is 2.21. The van der Waals surface area contributed by atoms with Crippen LogP contribution in [0.3, 0.4) is 0 Å². The Balaban J connectivity index is 1.98. The fraction of sp³-hybridized carbons (Fsp3) is 0.500. The van der Waals surface area contributed by atoms with Crippen molar-refractivity contribution in [2.45, 2.75) is 38.5 Å². The molecule has 2 N–H and O–H groups in total. The van der Waals surface area contributed by atoms with Crippen LogP contribution in [0.25, 0.3) is 0 Å². The molecule has 0 heterocycles. The summed E-state index contributed by atoms with van der Waals surface area (Å²) >= 11 is 0. The maximum Gasteiger partial charge on any atom is 0.296 e. The first-order chi connectivity index (χ1) is 9.58. The van der Waals surface area contributed by atoms with Crippen molar-refractivity contribution >= 4 is 17.3 Å². The number of carbonyl (C=O) groups excluding carboxylic acids is 1. The molecule has 20 heavy (non-hydrogen) atoms. The van der Waals surface area contributed by atoms with Crippen LogP contribution in [0.1, 0.15) is 38.5 Å². The zero-order chi connectivity index (χ0) is 14.5. The second kappa shape index (κ2) is 6.36. The summed E-state index contributed by atoms with van der Waals surface area (Å²) in [6, 6.07) is 3.95. The molecular formula is C14H18N2O4. The number of nitro groups is 1. The number of phenolic OH excluding ortho intramolecular Hbond substituents is 1. The molecule has 0 unspecified atom stereocenters. The lowest BCUT2D eigenvalue weighted by Crippen LogP contribution is -2.14. The largest absolute Gasteiger partial charge is 0.505 e. The van der Waals surface area contributed by atoms with Gasteiger partial charge in [-0.15, -0.1) is 0 Å². The van der Waals surface area contributed by atoms with Gasteiger partial charge in [0.2, 0.25) is 5.91 Å². The van der Waals surface area contributed by atoms with Gasteiger partial charge in [0.05, 0.1) is 4.92 Å². The highest BCUT2D eigenvalue weighted by Crippen LogP contribution is 2.33. The zero-order valence-electron chi connectivity index (χ0n) is 11.2. The van der Waals surface area contributed by atoms with E-state index in [0.717, 1.165) is 19.3 Å². The summed E-state index contributed by atoms with van der Waals surface area (Å²) in [5.41, 5.74) is -0.409. The van der Waals surface area contributed by atoms with E-state index in [0.29, 0.717) is 12.3 Å². The quantitative estimate of drug-likeness (QED) is 0.491. The van der Waals surface area contributed by atoms with Gasteiger partial charge in [-0.25, -0.2) is 0 Å². The smallest absolute Gasteiger partial charge is 0.296 e. The van der Waals surface area contributed by atoms with E-state index in [-0.39, 0.29) is 23.0 Å². The lowest BCUT2D eigenvalue weighted by Gasteiger charge is -2.10. The summed E-state index contributed by atoms with van der Waals surface area (Å²) in [7, 11) is 0. The van der Waals surface area contributed by atoms with Crippen molar-refractivity contribution in [1.82, 2.24) is 0 Å². The van der Waals surface area contributed by atoms with Crippen LogP contribution in [0, 0.1) is 16.0 Å². The number of nitrogens with zero attached hydrogens (tertiary/aromatic N) is 1. The van der Waals surface area contributed by atoms with Gasteiger partial charge in [-0.1, -0.05) is 31.7 Å². The number of hydrogen-bond acceptors (Lipinski definition) is 4. The molecule has 6 nitrogen and oxygen atoms in total. The van der Waals surface area contributed by atoms with Crippen molar-refractivity contribution < 1.29 is 14.8 Å². The Morgan fingerprint density at radius 2 is 2.10 bits per heavy atom. The van der Waals surface area contributed by atoms with E-state index in [1.54, 1.807) is 0 Å². The third-order valence-electron chi connectivity index (χ3n) is 3.74. The van der Waals surface area contributed by atoms with Gasteiger partial charge in [-0.3, -0.25) is 14.9 Å². The minimum absolute atomic E-state index is 0.117. The fourth-order valence-corrected chi connectivity index (χ4v) is 2.64. The molecule has 1 aliphatic carbocycles. The Morgan fingerprint density at radius 1 is 1.40 bits per heavy atom. The van der Waals surface area contributed by atoms with Crippen molar-refractivity contribution in [3.05, 3.63) is 28.3 Å². The van der Waals surface area contributed by atoms with Gasteiger partial charge >= 0.3 is 0 Å². The Morgan fingerprint density at radius 3 is 2.75 bits per heavy atom. The molecule has 1 aromatic rings. The summed E-state index contributed by atoms with van der Waals surface area (Å²) in [5, 5.41) is 23.0. The van der Waals surface area contributed by atoms with Crippen LogP contribution in [0.2, 0.25) is 0 Å². The molecule has 0 atom stereocenters. The molecule has 1 aliphatic rings. The third-order valence-corrected chi connectivity index (χ3v) is 3.74. The molecule has 108 valence electrons. The monoisotopic (exact) mass is 278 g/mol. The summed E-state index contributed by atoms with van der Waals surface area (Å²) in [6.07, 6.45) is 5.88. The topological polar surface area (TPSA) is 92.5 Å². The van der Waals surface area contributed by atoms with Crippen LogP contribution in [-0.4, -0.2) is 15.9 Å². The Bertz CT molecular complexity index is 510. The number of rotatable bonds is 5. The summed E-state index contributed by atoms with van der Waals surface area (Å²) in [4.78, 5) is 22.1. The first-order valence-electron chi connectivity index (χ1n) is 6.84. The molecule has 0 bridgehead atoms. The van der Waals surface area contributed by atoms with Crippen LogP contribution < -0.4 is 5.32 Å². The van der Waals surface area contributed by atoms with Crippen molar-refractivity contribution in [3.8, 4) is 5.75 Å². The first-order valence-corrected chi connectivity index (χ1v) is 6.84. The second-order valence-electron chi connectivity index (χ2n) is 5.17. The molecule has 1 amide bonds. The number of amides is 1. The number of nitrogens with one attached hydrogen (secondary N) is 1. The fourth-order valence-electron chi connectivity index (χ4n) is 2.64. The van der Waals surface area contributed by atoms with E-state index in [1.807, 2.05) is 0 Å². The van der Waals surface area contributed by atoms with E-state index in [9.17, 15) is 20.0 Å². The zero-order valence-corrected chi connectivity index (χ0v) is 11.2. The predicted molar refractivity (Wildman–Crippen MR) is 74.6 cm³/mol. The van der Waals surface area contributed by atoms with Crippen LogP contribution in [-0.2, 0) is 4.79 Å². The number of anilines is 1. The molecule has 1 saturated carbocycles. The van der Waals surface area contributed by atoms with E-state index in [4.69, 9.17) is 0 Å². The van der Waals surface area contributed by atoms with Crippen molar-refractivity contribution in [2.24, 2.45) is 5.92 Å². The molecule has 0 aromatic heterocycles. The van der Waals surface area contributed by atoms with Crippen molar-refractivity contribution in [1.29, 1.82) is 0 Å². The molecule has 2 rings (SSSR count). The van der Waals surface area contributed by atoms with E-state index in [1.165, 1.54) is 31.0 Å². The molecule has 0 aliphatic heterocycles. The summed E-state index contributed by atoms with van der Waals surface area (Å²) in [5.74, 6) is 0.00928. The summed E-state index contributed by atoms with van der Waals surface area (Å²) in [6.45, 7) is 0. The minimum atomic E-state index is -0.619. The minimum Gasteiger partial charge on any atom is -0.505 e. The number of benzene rings is 1. The molecule has 6 heteroatoms.